The zero-order valence-electron chi connectivity index (χ0n) is 61.8. The van der Waals surface area contributed by atoms with E-state index in [1.54, 1.807) is 59.7 Å². The summed E-state index contributed by atoms with van der Waals surface area (Å²) in [6, 6.07) is -8.67. The van der Waals surface area contributed by atoms with Gasteiger partial charge in [-0.2, -0.15) is 0 Å². The van der Waals surface area contributed by atoms with Crippen molar-refractivity contribution in [3.8, 4) is 11.1 Å². The lowest BCUT2D eigenvalue weighted by Crippen LogP contribution is -2.71. The first kappa shape index (κ1) is 75.9. The van der Waals surface area contributed by atoms with Gasteiger partial charge in [-0.1, -0.05) is 50.9 Å². The van der Waals surface area contributed by atoms with Crippen molar-refractivity contribution in [1.82, 2.24) is 92.8 Å². The molecule has 11 N–H and O–H groups in total. The van der Waals surface area contributed by atoms with E-state index in [1.165, 1.54) is 76.7 Å². The fourth-order valence-electron chi connectivity index (χ4n) is 18.3. The van der Waals surface area contributed by atoms with Crippen molar-refractivity contribution in [2.75, 3.05) is 58.7 Å². The third kappa shape index (κ3) is 12.6. The van der Waals surface area contributed by atoms with E-state index in [1.807, 2.05) is 0 Å². The van der Waals surface area contributed by atoms with E-state index in [0.29, 0.717) is 70.3 Å². The first-order chi connectivity index (χ1) is 50.8. The van der Waals surface area contributed by atoms with Crippen molar-refractivity contribution in [1.29, 1.82) is 0 Å². The third-order valence-electron chi connectivity index (χ3n) is 24.7. The molecule has 35 heteroatoms. The molecule has 580 valence electrons. The molecule has 1 aliphatic carbocycles. The van der Waals surface area contributed by atoms with Crippen LogP contribution in [-0.4, -0.2) is 268 Å². The second-order valence-electron chi connectivity index (χ2n) is 32.1. The highest BCUT2D eigenvalue weighted by Gasteiger charge is 2.65. The molecule has 107 heavy (non-hydrogen) atoms. The van der Waals surface area contributed by atoms with Crippen LogP contribution in [-0.2, 0) is 75.2 Å². The van der Waals surface area contributed by atoms with Gasteiger partial charge in [-0.25, -0.2) is 32.6 Å². The summed E-state index contributed by atoms with van der Waals surface area (Å²) in [4.78, 5) is 188. The predicted molar refractivity (Wildman–Crippen MR) is 385 cm³/mol. The summed E-state index contributed by atoms with van der Waals surface area (Å²) in [5.41, 5.74) is 14.3. The summed E-state index contributed by atoms with van der Waals surface area (Å²) in [6.45, 7) is 13.4. The Hall–Kier alpha value is -7.86. The molecule has 0 spiro atoms. The Labute approximate surface area is 630 Å². The van der Waals surface area contributed by atoms with Crippen LogP contribution in [0, 0.1) is 11.8 Å². The maximum Gasteiger partial charge on any atom is 0.262 e. The second-order valence-corrected chi connectivity index (χ2v) is 32.9. The molecule has 0 saturated carbocycles. The molecule has 12 amide bonds. The van der Waals surface area contributed by atoms with Gasteiger partial charge in [0.1, 0.15) is 89.4 Å². The van der Waals surface area contributed by atoms with Gasteiger partial charge in [0.05, 0.1) is 11.1 Å². The summed E-state index contributed by atoms with van der Waals surface area (Å²) in [5.74, 6) is -9.08. The van der Waals surface area contributed by atoms with Crippen LogP contribution >= 0.6 is 23.2 Å². The molecular formula is C72H99Cl2N19O14. The number of nitrogens with one attached hydrogen (secondary N) is 9. The lowest BCUT2D eigenvalue weighted by Gasteiger charge is -2.47. The fraction of sp³-hybridized carbons (Fsp3) is 0.667. The maximum absolute atomic E-state index is 16.0. The van der Waals surface area contributed by atoms with Gasteiger partial charge >= 0.3 is 0 Å². The van der Waals surface area contributed by atoms with E-state index < -0.39 is 191 Å². The number of benzene rings is 2. The van der Waals surface area contributed by atoms with Gasteiger partial charge in [0.15, 0.2) is 0 Å². The zero-order chi connectivity index (χ0) is 76.5. The molecule has 0 bridgehead atoms. The Balaban J connectivity index is 0.825. The van der Waals surface area contributed by atoms with Crippen molar-refractivity contribution in [3.63, 3.8) is 0 Å². The molecule has 10 saturated heterocycles. The monoisotopic (exact) mass is 1520 g/mol. The van der Waals surface area contributed by atoms with Crippen molar-refractivity contribution in [2.45, 2.75) is 240 Å². The van der Waals surface area contributed by atoms with Gasteiger partial charge in [0.2, 0.25) is 35.4 Å². The number of fused-ring (bicyclic) bond motifs is 16. The average Bonchev–Trinajstić information content (AvgIpc) is 1.55. The molecule has 2 aromatic carbocycles. The highest BCUT2D eigenvalue weighted by Crippen LogP contribution is 2.56. The van der Waals surface area contributed by atoms with E-state index in [4.69, 9.17) is 23.2 Å². The number of hydrogen-bond donors (Lipinski definition) is 11. The molecule has 33 nitrogen and oxygen atoms in total. The molecule has 12 aliphatic rings. The number of hydrazine groups is 6. The smallest absolute Gasteiger partial charge is 0.262 e. The summed E-state index contributed by atoms with van der Waals surface area (Å²) >= 11 is 14.8. The van der Waals surface area contributed by atoms with Crippen LogP contribution in [0.2, 0.25) is 10.0 Å². The first-order valence-corrected chi connectivity index (χ1v) is 38.7. The Kier molecular flexibility index (Phi) is 20.5. The minimum absolute atomic E-state index is 0.0570. The molecule has 0 aromatic heterocycles. The minimum atomic E-state index is -2.15. The summed E-state index contributed by atoms with van der Waals surface area (Å²) < 4.78 is 0. The predicted octanol–water partition coefficient (Wildman–Crippen LogP) is -0.720. The highest BCUT2D eigenvalue weighted by molar-refractivity contribution is 6.37. The molecule has 14 rings (SSSR count). The molecule has 2 aromatic rings. The van der Waals surface area contributed by atoms with Gasteiger partial charge in [-0.3, -0.25) is 87.6 Å². The lowest BCUT2D eigenvalue weighted by atomic mass is 9.86. The number of carbonyl (C=O) groups is 12. The van der Waals surface area contributed by atoms with Crippen molar-refractivity contribution in [3.05, 3.63) is 51.0 Å². The van der Waals surface area contributed by atoms with Gasteiger partial charge in [0.25, 0.3) is 35.4 Å². The van der Waals surface area contributed by atoms with Gasteiger partial charge in [-0.05, 0) is 151 Å². The normalized spacial score (nSPS) is 34.3. The number of carbonyl (C=O) groups excluding carboxylic acids is 12. The minimum Gasteiger partial charge on any atom is -0.383 e. The van der Waals surface area contributed by atoms with E-state index in [2.05, 4.69) is 48.5 Å². The molecular weight excluding hydrogens is 1430 g/mol. The van der Waals surface area contributed by atoms with Crippen LogP contribution in [0.4, 0.5) is 5.69 Å². The summed E-state index contributed by atoms with van der Waals surface area (Å²) in [6.07, 6.45) is 1.54. The Bertz CT molecular complexity index is 4040. The van der Waals surface area contributed by atoms with Gasteiger partial charge in [0, 0.05) is 93.6 Å². The number of aliphatic hydroxyl groups is 2. The zero-order valence-corrected chi connectivity index (χ0v) is 63.4. The number of halogens is 2. The summed E-state index contributed by atoms with van der Waals surface area (Å²) in [7, 11) is 2.93. The molecule has 11 aliphatic heterocycles. The molecule has 10 fully saturated rings. The SMILES string of the molecule is CC(C)[C@H]1NC(=O)[C@@H]2C[C@@]3(O)c4cc(-c5cc6c(cc5Cl)N[C@H]5N7C(=O)[C@@H]8CCCNN8C(=O)C(C)(C)N(C)C(=O)[C@H]8CCCNN8C(=O)[C@@H]8CCCNN8C(=O)[C@@H](C(C)C)NC(=O)[C@@H]7C[C@@]65O)c(Cl)cc4C[C@H]3N2C(=O)[C@@H]2CCCNN2C(=O)[C@H](C)N(C)C(=O)[C@H]2CCCNN2C(=O)[C@@H]2CCCNN2C1=O. The Morgan fingerprint density at radius 3 is 1.31 bits per heavy atom. The molecule has 11 heterocycles. The number of nitrogens with zero attached hydrogens (tertiary/aromatic N) is 10. The van der Waals surface area contributed by atoms with Crippen LogP contribution in [0.15, 0.2) is 24.3 Å². The Morgan fingerprint density at radius 1 is 0.439 bits per heavy atom. The average molecular weight is 1530 g/mol. The highest BCUT2D eigenvalue weighted by atomic mass is 35.5. The van der Waals surface area contributed by atoms with Gasteiger partial charge < -0.3 is 45.8 Å². The van der Waals surface area contributed by atoms with E-state index in [0.717, 1.165) is 0 Å². The lowest BCUT2D eigenvalue weighted by molar-refractivity contribution is -0.169. The van der Waals surface area contributed by atoms with Gasteiger partial charge in [-0.15, -0.1) is 0 Å². The second kappa shape index (κ2) is 28.9. The number of amides is 12. The number of likely N-dealkylation sites (N-methyl/N-ethyl adjacent to an activating group) is 2. The molecule has 0 unspecified atom stereocenters. The van der Waals surface area contributed by atoms with Crippen LogP contribution < -0.4 is 48.5 Å². The van der Waals surface area contributed by atoms with E-state index in [9.17, 15) is 34.2 Å². The number of rotatable bonds is 3. The van der Waals surface area contributed by atoms with Crippen LogP contribution in [0.25, 0.3) is 11.1 Å². The van der Waals surface area contributed by atoms with Crippen molar-refractivity contribution in [2.24, 2.45) is 11.8 Å². The fourth-order valence-corrected chi connectivity index (χ4v) is 18.9. The maximum atomic E-state index is 16.0. The number of anilines is 1. The first-order valence-electron chi connectivity index (χ1n) is 37.9. The standard InChI is InChI=1S/C72H99Cl2N19O14/c1-35(2)55-66(103)91-50(20-14-25-78-91)64(101)89-46(16-10-23-76-89)60(97)84(8)37(5)59(96)88-48(18-12-22-75-88)62(99)86-52(57(94)82-55)33-71(106)41-30-39(43(73)28-38(41)29-54(71)86)40-31-42-45(32-44(40)74)81-68-72(42,107)34-53-58(95)83-56(36(3)4)67(104)92-51(21-15-26-79-92)65(102)90-47(17-11-24-77-90)61(98)85(9)70(6,7)69(105)93-49(19-13-27-80-93)63(100)87(53)68/h28,30-32,35-37,46-56,68,75-81,106-107H,10-27,29,33-34H2,1-9H3,(H,82,94)(H,83,95)/t37-,46+,47+,48-,49-,50-,51-,52-,53-,54+,55+,56+,68-,71+,72+/m0/s1. The Morgan fingerprint density at radius 2 is 0.822 bits per heavy atom. The molecule has 15 atom stereocenters. The summed E-state index contributed by atoms with van der Waals surface area (Å²) in [5, 5.41) is 44.1. The van der Waals surface area contributed by atoms with E-state index in [-0.39, 0.29) is 96.0 Å². The van der Waals surface area contributed by atoms with E-state index >= 15 is 33.6 Å². The van der Waals surface area contributed by atoms with Crippen LogP contribution in [0.3, 0.4) is 0 Å². The van der Waals surface area contributed by atoms with Crippen LogP contribution in [0.1, 0.15) is 155 Å². The topological polar surface area (TPSA) is 386 Å². The number of hydrogen-bond acceptors (Lipinski definition) is 21. The molecule has 0 radical (unpaired) electrons. The van der Waals surface area contributed by atoms with Crippen molar-refractivity contribution >= 4 is 99.8 Å². The quantitative estimate of drug-likeness (QED) is 0.181. The third-order valence-corrected chi connectivity index (χ3v) is 25.3. The van der Waals surface area contributed by atoms with Crippen LogP contribution in [0.5, 0.6) is 0 Å². The largest absolute Gasteiger partial charge is 0.383 e. The van der Waals surface area contributed by atoms with Crippen molar-refractivity contribution < 1.29 is 67.7 Å².